The molecule has 2 N–H and O–H groups in total. The third-order valence-corrected chi connectivity index (χ3v) is 2.88. The van der Waals surface area contributed by atoms with Gasteiger partial charge in [0.25, 0.3) is 0 Å². The fourth-order valence-corrected chi connectivity index (χ4v) is 2.20. The number of nitrogens with two attached hydrogens (primary N) is 1. The second-order valence-electron chi connectivity index (χ2n) is 4.02. The molecule has 0 heterocycles. The summed E-state index contributed by atoms with van der Waals surface area (Å²) in [5.74, 6) is 0. The van der Waals surface area contributed by atoms with Crippen molar-refractivity contribution in [2.45, 2.75) is 19.1 Å². The lowest BCUT2D eigenvalue weighted by Crippen LogP contribution is -2.33. The van der Waals surface area contributed by atoms with Gasteiger partial charge in [-0.2, -0.15) is 13.2 Å². The molecule has 6 heteroatoms. The molecule has 0 aliphatic heterocycles. The van der Waals surface area contributed by atoms with Crippen molar-refractivity contribution in [3.8, 4) is 0 Å². The second-order valence-corrected chi connectivity index (χ2v) is 4.88. The Bertz CT molecular complexity index is 391. The molecule has 1 aromatic carbocycles. The molecular formula is C11H14BrF3N2. The zero-order chi connectivity index (χ0) is 13.2. The predicted molar refractivity (Wildman–Crippen MR) is 66.1 cm³/mol. The third kappa shape index (κ3) is 3.89. The van der Waals surface area contributed by atoms with E-state index in [1.807, 2.05) is 11.8 Å². The summed E-state index contributed by atoms with van der Waals surface area (Å²) in [6.07, 6.45) is -4.32. The molecule has 17 heavy (non-hydrogen) atoms. The van der Waals surface area contributed by atoms with Gasteiger partial charge in [-0.3, -0.25) is 0 Å². The summed E-state index contributed by atoms with van der Waals surface area (Å²) < 4.78 is 37.8. The van der Waals surface area contributed by atoms with Crippen molar-refractivity contribution in [2.24, 2.45) is 5.73 Å². The lowest BCUT2D eigenvalue weighted by atomic mass is 10.2. The topological polar surface area (TPSA) is 29.3 Å². The van der Waals surface area contributed by atoms with Crippen LogP contribution in [0.15, 0.2) is 22.7 Å². The van der Waals surface area contributed by atoms with E-state index in [-0.39, 0.29) is 6.04 Å². The van der Waals surface area contributed by atoms with E-state index >= 15 is 0 Å². The Balaban J connectivity index is 2.98. The first-order valence-corrected chi connectivity index (χ1v) is 5.84. The maximum absolute atomic E-state index is 12.5. The van der Waals surface area contributed by atoms with Gasteiger partial charge in [0.1, 0.15) is 0 Å². The molecule has 1 aromatic rings. The summed E-state index contributed by atoms with van der Waals surface area (Å²) in [4.78, 5) is 1.81. The Kier molecular flexibility index (Phi) is 4.43. The Hall–Kier alpha value is -0.750. The van der Waals surface area contributed by atoms with E-state index in [1.54, 1.807) is 7.05 Å². The van der Waals surface area contributed by atoms with E-state index in [9.17, 15) is 13.2 Å². The van der Waals surface area contributed by atoms with Crippen LogP contribution in [0.2, 0.25) is 0 Å². The second kappa shape index (κ2) is 5.27. The lowest BCUT2D eigenvalue weighted by molar-refractivity contribution is -0.137. The minimum Gasteiger partial charge on any atom is -0.372 e. The number of likely N-dealkylation sites (N-methyl/N-ethyl adjacent to an activating group) is 1. The van der Waals surface area contributed by atoms with Gasteiger partial charge in [-0.15, -0.1) is 0 Å². The van der Waals surface area contributed by atoms with Crippen molar-refractivity contribution >= 4 is 21.6 Å². The van der Waals surface area contributed by atoms with Gasteiger partial charge in [-0.25, -0.2) is 0 Å². The fourth-order valence-electron chi connectivity index (χ4n) is 1.52. The van der Waals surface area contributed by atoms with Crippen molar-refractivity contribution in [3.05, 3.63) is 28.2 Å². The maximum Gasteiger partial charge on any atom is 0.416 e. The molecule has 1 unspecified atom stereocenters. The fraction of sp³-hybridized carbons (Fsp3) is 0.455. The molecule has 2 nitrogen and oxygen atoms in total. The molecule has 96 valence electrons. The van der Waals surface area contributed by atoms with Gasteiger partial charge in [-0.05, 0) is 41.1 Å². The standard InChI is InChI=1S/C11H14BrF3N2/c1-7(16)6-17(2)10-4-3-8(5-9(10)12)11(13,14)15/h3-5,7H,6,16H2,1-2H3. The Labute approximate surface area is 107 Å². The van der Waals surface area contributed by atoms with Crippen molar-refractivity contribution in [3.63, 3.8) is 0 Å². The van der Waals surface area contributed by atoms with Crippen LogP contribution in [-0.2, 0) is 6.18 Å². The molecule has 0 aromatic heterocycles. The largest absolute Gasteiger partial charge is 0.416 e. The number of anilines is 1. The van der Waals surface area contributed by atoms with Crippen molar-refractivity contribution in [1.29, 1.82) is 0 Å². The molecule has 0 fully saturated rings. The van der Waals surface area contributed by atoms with Gasteiger partial charge < -0.3 is 10.6 Å². The van der Waals surface area contributed by atoms with Crippen molar-refractivity contribution < 1.29 is 13.2 Å². The van der Waals surface area contributed by atoms with Gasteiger partial charge in [0.2, 0.25) is 0 Å². The number of rotatable bonds is 3. The monoisotopic (exact) mass is 310 g/mol. The summed E-state index contributed by atoms with van der Waals surface area (Å²) >= 11 is 3.15. The minimum atomic E-state index is -4.32. The molecular weight excluding hydrogens is 297 g/mol. The van der Waals surface area contributed by atoms with Gasteiger partial charge in [0, 0.05) is 24.1 Å². The number of hydrogen-bond donors (Lipinski definition) is 1. The lowest BCUT2D eigenvalue weighted by Gasteiger charge is -2.23. The van der Waals surface area contributed by atoms with Crippen LogP contribution < -0.4 is 10.6 Å². The van der Waals surface area contributed by atoms with Gasteiger partial charge in [0.05, 0.1) is 11.3 Å². The van der Waals surface area contributed by atoms with E-state index < -0.39 is 11.7 Å². The number of nitrogens with zero attached hydrogens (tertiary/aromatic N) is 1. The van der Waals surface area contributed by atoms with Gasteiger partial charge in [0.15, 0.2) is 0 Å². The van der Waals surface area contributed by atoms with Gasteiger partial charge >= 0.3 is 6.18 Å². The smallest absolute Gasteiger partial charge is 0.372 e. The van der Waals surface area contributed by atoms with Crippen LogP contribution in [0.5, 0.6) is 0 Å². The zero-order valence-corrected chi connectivity index (χ0v) is 11.1. The highest BCUT2D eigenvalue weighted by atomic mass is 79.9. The first-order valence-electron chi connectivity index (χ1n) is 5.05. The zero-order valence-electron chi connectivity index (χ0n) is 9.55. The average Bonchev–Trinajstić information content (AvgIpc) is 2.14. The summed E-state index contributed by atoms with van der Waals surface area (Å²) in [5.41, 5.74) is 5.67. The molecule has 0 saturated carbocycles. The molecule has 0 saturated heterocycles. The number of alkyl halides is 3. The highest BCUT2D eigenvalue weighted by Gasteiger charge is 2.31. The maximum atomic E-state index is 12.5. The minimum absolute atomic E-state index is 0.0470. The number of halogens is 4. The van der Waals surface area contributed by atoms with E-state index in [4.69, 9.17) is 5.73 Å². The van der Waals surface area contributed by atoms with Crippen LogP contribution in [0.3, 0.4) is 0 Å². The Morgan fingerprint density at radius 3 is 2.41 bits per heavy atom. The van der Waals surface area contributed by atoms with Crippen LogP contribution in [0.4, 0.5) is 18.9 Å². The molecule has 0 spiro atoms. The molecule has 0 aliphatic carbocycles. The first kappa shape index (κ1) is 14.3. The Morgan fingerprint density at radius 2 is 2.00 bits per heavy atom. The first-order chi connectivity index (χ1) is 7.71. The molecule has 0 radical (unpaired) electrons. The van der Waals surface area contributed by atoms with E-state index in [2.05, 4.69) is 15.9 Å². The summed E-state index contributed by atoms with van der Waals surface area (Å²) in [6, 6.07) is 3.54. The van der Waals surface area contributed by atoms with Crippen LogP contribution in [0.25, 0.3) is 0 Å². The summed E-state index contributed by atoms with van der Waals surface area (Å²) in [5, 5.41) is 0. The summed E-state index contributed by atoms with van der Waals surface area (Å²) in [6.45, 7) is 2.42. The number of benzene rings is 1. The predicted octanol–water partition coefficient (Wildman–Crippen LogP) is 3.25. The van der Waals surface area contributed by atoms with E-state index in [0.717, 1.165) is 12.1 Å². The SMILES string of the molecule is CC(N)CN(C)c1ccc(C(F)(F)F)cc1Br. The van der Waals surface area contributed by atoms with Crippen LogP contribution in [0, 0.1) is 0 Å². The van der Waals surface area contributed by atoms with Gasteiger partial charge in [-0.1, -0.05) is 0 Å². The quantitative estimate of drug-likeness (QED) is 0.928. The molecule has 1 atom stereocenters. The van der Waals surface area contributed by atoms with Crippen LogP contribution >= 0.6 is 15.9 Å². The van der Waals surface area contributed by atoms with E-state index in [1.165, 1.54) is 6.07 Å². The highest BCUT2D eigenvalue weighted by molar-refractivity contribution is 9.10. The van der Waals surface area contributed by atoms with Crippen molar-refractivity contribution in [2.75, 3.05) is 18.5 Å². The summed E-state index contributed by atoms with van der Waals surface area (Å²) in [7, 11) is 1.79. The third-order valence-electron chi connectivity index (χ3n) is 2.25. The van der Waals surface area contributed by atoms with Crippen LogP contribution in [-0.4, -0.2) is 19.6 Å². The number of hydrogen-bond acceptors (Lipinski definition) is 2. The molecule has 1 rings (SSSR count). The average molecular weight is 311 g/mol. The normalized spacial score (nSPS) is 13.6. The molecule has 0 aliphatic rings. The van der Waals surface area contributed by atoms with Crippen molar-refractivity contribution in [1.82, 2.24) is 0 Å². The Morgan fingerprint density at radius 1 is 1.41 bits per heavy atom. The molecule has 0 amide bonds. The van der Waals surface area contributed by atoms with E-state index in [0.29, 0.717) is 16.7 Å². The highest BCUT2D eigenvalue weighted by Crippen LogP contribution is 2.34. The van der Waals surface area contributed by atoms with Crippen LogP contribution in [0.1, 0.15) is 12.5 Å². The molecule has 0 bridgehead atoms.